The molecule has 1 fully saturated rings. The van der Waals surface area contributed by atoms with Gasteiger partial charge in [-0.05, 0) is 26.8 Å². The fraction of sp³-hybridized carbons (Fsp3) is 0.467. The fourth-order valence-corrected chi connectivity index (χ4v) is 3.12. The predicted octanol–water partition coefficient (Wildman–Crippen LogP) is 2.70. The van der Waals surface area contributed by atoms with Gasteiger partial charge < -0.3 is 14.6 Å². The molecule has 112 valence electrons. The van der Waals surface area contributed by atoms with Gasteiger partial charge in [0.1, 0.15) is 5.69 Å². The monoisotopic (exact) mass is 305 g/mol. The first kappa shape index (κ1) is 14.3. The van der Waals surface area contributed by atoms with Crippen LogP contribution in [0.25, 0.3) is 11.3 Å². The molecule has 2 aromatic heterocycles. The van der Waals surface area contributed by atoms with Crippen molar-refractivity contribution in [2.24, 2.45) is 0 Å². The molecule has 6 heteroatoms. The lowest BCUT2D eigenvalue weighted by Crippen LogP contribution is -2.50. The van der Waals surface area contributed by atoms with Gasteiger partial charge in [-0.15, -0.1) is 11.3 Å². The number of amides is 1. The quantitative estimate of drug-likeness (QED) is 0.928. The van der Waals surface area contributed by atoms with E-state index in [1.54, 1.807) is 11.3 Å². The number of hydrogen-bond donors (Lipinski definition) is 1. The van der Waals surface area contributed by atoms with Crippen LogP contribution in [-0.2, 0) is 4.74 Å². The zero-order chi connectivity index (χ0) is 15.0. The first-order chi connectivity index (χ1) is 10.0. The Labute approximate surface area is 128 Å². The van der Waals surface area contributed by atoms with E-state index in [2.05, 4.69) is 9.97 Å². The maximum Gasteiger partial charge on any atom is 0.270 e. The van der Waals surface area contributed by atoms with E-state index in [0.717, 1.165) is 16.3 Å². The third kappa shape index (κ3) is 2.87. The third-order valence-electron chi connectivity index (χ3n) is 3.70. The van der Waals surface area contributed by atoms with E-state index in [0.29, 0.717) is 18.8 Å². The Bertz CT molecular complexity index is 649. The van der Waals surface area contributed by atoms with Crippen LogP contribution in [-0.4, -0.2) is 46.1 Å². The summed E-state index contributed by atoms with van der Waals surface area (Å²) in [7, 11) is 0. The molecule has 1 N–H and O–H groups in total. The number of H-pyrrole nitrogens is 1. The van der Waals surface area contributed by atoms with Crippen LogP contribution in [0.15, 0.2) is 17.6 Å². The van der Waals surface area contributed by atoms with E-state index in [1.807, 2.05) is 43.3 Å². The van der Waals surface area contributed by atoms with E-state index >= 15 is 0 Å². The molecule has 2 atom stereocenters. The molecule has 5 nitrogen and oxygen atoms in total. The number of aromatic amines is 1. The first-order valence-corrected chi connectivity index (χ1v) is 7.96. The van der Waals surface area contributed by atoms with E-state index in [4.69, 9.17) is 4.74 Å². The number of carbonyl (C=O) groups is 1. The van der Waals surface area contributed by atoms with Gasteiger partial charge in [-0.3, -0.25) is 4.79 Å². The largest absolute Gasteiger partial charge is 0.375 e. The maximum atomic E-state index is 12.6. The van der Waals surface area contributed by atoms with E-state index in [1.165, 1.54) is 0 Å². The Hall–Kier alpha value is -1.66. The summed E-state index contributed by atoms with van der Waals surface area (Å²) in [6.45, 7) is 7.20. The highest BCUT2D eigenvalue weighted by molar-refractivity contribution is 7.09. The average molecular weight is 305 g/mol. The summed E-state index contributed by atoms with van der Waals surface area (Å²) in [4.78, 5) is 22.0. The van der Waals surface area contributed by atoms with Crippen LogP contribution in [0.5, 0.6) is 0 Å². The van der Waals surface area contributed by atoms with Gasteiger partial charge in [0.2, 0.25) is 0 Å². The van der Waals surface area contributed by atoms with Crippen molar-refractivity contribution in [1.82, 2.24) is 14.9 Å². The SMILES string of the molecule is Cc1nc(-c2c[nH]c(C(=O)N3C[C@H](C)OC[C@@H]3C)c2)cs1. The van der Waals surface area contributed by atoms with Gasteiger partial charge in [-0.1, -0.05) is 0 Å². The number of morpholine rings is 1. The highest BCUT2D eigenvalue weighted by atomic mass is 32.1. The highest BCUT2D eigenvalue weighted by Crippen LogP contribution is 2.23. The molecule has 0 radical (unpaired) electrons. The number of carbonyl (C=O) groups excluding carboxylic acids is 1. The normalized spacial score (nSPS) is 22.5. The molecule has 3 heterocycles. The summed E-state index contributed by atoms with van der Waals surface area (Å²) in [6, 6.07) is 1.98. The molecule has 21 heavy (non-hydrogen) atoms. The van der Waals surface area contributed by atoms with Crippen molar-refractivity contribution in [3.63, 3.8) is 0 Å². The molecule has 0 saturated carbocycles. The van der Waals surface area contributed by atoms with Crippen molar-refractivity contribution >= 4 is 17.2 Å². The Balaban J connectivity index is 1.80. The van der Waals surface area contributed by atoms with Crippen LogP contribution in [0.1, 0.15) is 29.3 Å². The van der Waals surface area contributed by atoms with Gasteiger partial charge in [0.05, 0.1) is 29.5 Å². The van der Waals surface area contributed by atoms with Crippen LogP contribution >= 0.6 is 11.3 Å². The first-order valence-electron chi connectivity index (χ1n) is 7.08. The molecule has 0 aromatic carbocycles. The van der Waals surface area contributed by atoms with Crippen LogP contribution in [0, 0.1) is 6.92 Å². The fourth-order valence-electron chi connectivity index (χ4n) is 2.50. The molecule has 0 unspecified atom stereocenters. The summed E-state index contributed by atoms with van der Waals surface area (Å²) in [5.41, 5.74) is 2.48. The van der Waals surface area contributed by atoms with Crippen molar-refractivity contribution in [2.75, 3.05) is 13.2 Å². The molecule has 1 amide bonds. The molecule has 1 aliphatic rings. The van der Waals surface area contributed by atoms with Crippen molar-refractivity contribution in [3.05, 3.63) is 28.3 Å². The number of nitrogens with zero attached hydrogens (tertiary/aromatic N) is 2. The lowest BCUT2D eigenvalue weighted by atomic mass is 10.2. The van der Waals surface area contributed by atoms with Gasteiger partial charge >= 0.3 is 0 Å². The Morgan fingerprint density at radius 1 is 1.52 bits per heavy atom. The van der Waals surface area contributed by atoms with Crippen LogP contribution in [0.4, 0.5) is 0 Å². The standard InChI is InChI=1S/C15H19N3O2S/c1-9-7-20-10(2)6-18(9)15(19)13-4-12(5-16-13)14-8-21-11(3)17-14/h4-5,8-10,16H,6-7H2,1-3H3/t9-,10-/m0/s1. The number of aromatic nitrogens is 2. The number of rotatable bonds is 2. The summed E-state index contributed by atoms with van der Waals surface area (Å²) >= 11 is 1.61. The van der Waals surface area contributed by atoms with Gasteiger partial charge in [0.15, 0.2) is 0 Å². The minimum absolute atomic E-state index is 0.0239. The van der Waals surface area contributed by atoms with Gasteiger partial charge in [0.25, 0.3) is 5.91 Å². The number of aryl methyl sites for hydroxylation is 1. The average Bonchev–Trinajstić information content (AvgIpc) is 3.09. The zero-order valence-corrected chi connectivity index (χ0v) is 13.2. The van der Waals surface area contributed by atoms with Gasteiger partial charge in [-0.25, -0.2) is 4.98 Å². The van der Waals surface area contributed by atoms with Crippen LogP contribution < -0.4 is 0 Å². The van der Waals surface area contributed by atoms with Gasteiger partial charge in [-0.2, -0.15) is 0 Å². The Kier molecular flexibility index (Phi) is 3.82. The molecular weight excluding hydrogens is 286 g/mol. The number of hydrogen-bond acceptors (Lipinski definition) is 4. The van der Waals surface area contributed by atoms with Crippen LogP contribution in [0.3, 0.4) is 0 Å². The summed E-state index contributed by atoms with van der Waals surface area (Å²) in [6.07, 6.45) is 1.93. The molecule has 2 aromatic rings. The molecule has 3 rings (SSSR count). The molecule has 1 saturated heterocycles. The smallest absolute Gasteiger partial charge is 0.270 e. The van der Waals surface area contributed by atoms with Crippen molar-refractivity contribution in [1.29, 1.82) is 0 Å². The second-order valence-corrected chi connectivity index (χ2v) is 6.57. The van der Waals surface area contributed by atoms with Crippen molar-refractivity contribution < 1.29 is 9.53 Å². The van der Waals surface area contributed by atoms with Crippen LogP contribution in [0.2, 0.25) is 0 Å². The molecule has 0 spiro atoms. The molecular formula is C15H19N3O2S. The third-order valence-corrected chi connectivity index (χ3v) is 4.47. The zero-order valence-electron chi connectivity index (χ0n) is 12.4. The van der Waals surface area contributed by atoms with E-state index in [9.17, 15) is 4.79 Å². The van der Waals surface area contributed by atoms with Crippen molar-refractivity contribution in [3.8, 4) is 11.3 Å². The van der Waals surface area contributed by atoms with Gasteiger partial charge in [0, 0.05) is 23.7 Å². The summed E-state index contributed by atoms with van der Waals surface area (Å²) < 4.78 is 5.57. The minimum Gasteiger partial charge on any atom is -0.375 e. The second-order valence-electron chi connectivity index (χ2n) is 5.50. The maximum absolute atomic E-state index is 12.6. The predicted molar refractivity (Wildman–Crippen MR) is 82.6 cm³/mol. The Morgan fingerprint density at radius 2 is 2.33 bits per heavy atom. The van der Waals surface area contributed by atoms with E-state index < -0.39 is 0 Å². The molecule has 0 bridgehead atoms. The van der Waals surface area contributed by atoms with Crippen molar-refractivity contribution in [2.45, 2.75) is 32.9 Å². The Morgan fingerprint density at radius 3 is 3.05 bits per heavy atom. The lowest BCUT2D eigenvalue weighted by Gasteiger charge is -2.36. The highest BCUT2D eigenvalue weighted by Gasteiger charge is 2.29. The number of ether oxygens (including phenoxy) is 1. The topological polar surface area (TPSA) is 58.2 Å². The molecule has 0 aliphatic carbocycles. The number of nitrogens with one attached hydrogen (secondary N) is 1. The summed E-state index contributed by atoms with van der Waals surface area (Å²) in [5, 5.41) is 3.03. The summed E-state index contributed by atoms with van der Waals surface area (Å²) in [5.74, 6) is 0.0239. The number of thiazole rings is 1. The minimum atomic E-state index is 0.0239. The lowest BCUT2D eigenvalue weighted by molar-refractivity contribution is -0.0388. The second kappa shape index (κ2) is 5.61. The molecule has 1 aliphatic heterocycles. The van der Waals surface area contributed by atoms with E-state index in [-0.39, 0.29) is 18.1 Å².